The number of aromatic nitrogens is 4. The summed E-state index contributed by atoms with van der Waals surface area (Å²) in [4.78, 5) is 70.5. The van der Waals surface area contributed by atoms with Gasteiger partial charge in [-0.3, -0.25) is 38.1 Å². The number of anilines is 1. The Morgan fingerprint density at radius 3 is 1.83 bits per heavy atom. The zero-order valence-electron chi connectivity index (χ0n) is 28.8. The molecule has 52 heavy (non-hydrogen) atoms. The van der Waals surface area contributed by atoms with Gasteiger partial charge in [-0.15, -0.1) is 0 Å². The van der Waals surface area contributed by atoms with Crippen molar-refractivity contribution in [3.8, 4) is 5.75 Å². The molecular formula is C33H45N7O11S. The molecule has 2 heterocycles. The minimum absolute atomic E-state index is 0.0379. The number of aliphatic carboxylic acids is 3. The lowest BCUT2D eigenvalue weighted by molar-refractivity contribution is -0.139. The van der Waals surface area contributed by atoms with Crippen LogP contribution in [0.3, 0.4) is 0 Å². The lowest BCUT2D eigenvalue weighted by Gasteiger charge is -2.34. The molecule has 1 amide bonds. The molecule has 3 rings (SSSR count). The van der Waals surface area contributed by atoms with Crippen LogP contribution in [0.2, 0.25) is 0 Å². The van der Waals surface area contributed by atoms with Gasteiger partial charge in [-0.2, -0.15) is 0 Å². The van der Waals surface area contributed by atoms with Gasteiger partial charge in [0.1, 0.15) is 29.7 Å². The van der Waals surface area contributed by atoms with E-state index in [-0.39, 0.29) is 44.7 Å². The van der Waals surface area contributed by atoms with Crippen molar-refractivity contribution < 1.29 is 52.8 Å². The Morgan fingerprint density at radius 1 is 0.827 bits per heavy atom. The number of unbranched alkanes of at least 4 members (excludes halogenated alkanes) is 1. The minimum atomic E-state index is -2.18. The summed E-state index contributed by atoms with van der Waals surface area (Å²) in [6.45, 7) is 2.98. The molecule has 0 radical (unpaired) electrons. The van der Waals surface area contributed by atoms with Crippen LogP contribution in [-0.2, 0) is 61.4 Å². The topological polar surface area (TPSA) is 256 Å². The summed E-state index contributed by atoms with van der Waals surface area (Å²) in [7, 11) is 0. The van der Waals surface area contributed by atoms with Crippen LogP contribution in [-0.4, -0.2) is 96.4 Å². The van der Waals surface area contributed by atoms with Crippen LogP contribution in [0.1, 0.15) is 69.9 Å². The van der Waals surface area contributed by atoms with E-state index in [1.165, 1.54) is 13.1 Å². The molecule has 1 aromatic carbocycles. The predicted molar refractivity (Wildman–Crippen MR) is 186 cm³/mol. The van der Waals surface area contributed by atoms with Gasteiger partial charge in [0.05, 0.1) is 26.2 Å². The van der Waals surface area contributed by atoms with Crippen LogP contribution >= 0.6 is 0 Å². The zero-order valence-corrected chi connectivity index (χ0v) is 29.6. The third-order valence-corrected chi connectivity index (χ3v) is 8.50. The normalized spacial score (nSPS) is 12.0. The number of imidazole rings is 2. The summed E-state index contributed by atoms with van der Waals surface area (Å²) in [6, 6.07) is 6.61. The Morgan fingerprint density at radius 2 is 1.35 bits per heavy atom. The molecule has 1 unspecified atom stereocenters. The minimum Gasteiger partial charge on any atom is -0.494 e. The maximum atomic E-state index is 13.4. The van der Waals surface area contributed by atoms with Crippen LogP contribution in [0, 0.1) is 0 Å². The van der Waals surface area contributed by atoms with Crippen LogP contribution in [0.5, 0.6) is 5.75 Å². The second-order valence-electron chi connectivity index (χ2n) is 12.3. The van der Waals surface area contributed by atoms with Gasteiger partial charge in [0.2, 0.25) is 5.91 Å². The number of hydrogen-bond donors (Lipinski definition) is 6. The summed E-state index contributed by atoms with van der Waals surface area (Å²) in [6.07, 6.45) is 6.18. The quantitative estimate of drug-likeness (QED) is 0.0510. The highest BCUT2D eigenvalue weighted by Gasteiger charge is 2.34. The Labute approximate surface area is 302 Å². The summed E-state index contributed by atoms with van der Waals surface area (Å²) in [5.74, 6) is -2.33. The monoisotopic (exact) mass is 747 g/mol. The number of carbonyl (C=O) groups is 5. The number of nitrogens with one attached hydrogen (secondary N) is 2. The first-order valence-electron chi connectivity index (χ1n) is 16.5. The van der Waals surface area contributed by atoms with Crippen molar-refractivity contribution in [3.05, 3.63) is 60.7 Å². The standard InChI is InChI=1S/C33H45N7O11S/c1-24(41)20-39-17-14-34-27(39)21-38(16-2-3-19-51-26-6-4-25(5-7-26)37-52(49)50)22-28-35-15-18-40(28)23-29(42)36-33(11-8-30(43)44,12-9-31(45)46)13-10-32(47)48/h4-7,14-15,17-18,37H,2-3,8-13,16,19-23H2,1H3,(H,36,42)(H,43,44)(H,45,46)(H,47,48)(H,49,50). The second-order valence-corrected chi connectivity index (χ2v) is 13.0. The van der Waals surface area contributed by atoms with E-state index in [1.807, 2.05) is 0 Å². The predicted octanol–water partition coefficient (Wildman–Crippen LogP) is 2.53. The first-order valence-corrected chi connectivity index (χ1v) is 17.6. The Hall–Kier alpha value is -5.14. The lowest BCUT2D eigenvalue weighted by Crippen LogP contribution is -2.50. The van der Waals surface area contributed by atoms with Crippen molar-refractivity contribution in [1.82, 2.24) is 29.3 Å². The number of nitrogens with zero attached hydrogens (tertiary/aromatic N) is 5. The first-order chi connectivity index (χ1) is 24.7. The van der Waals surface area contributed by atoms with Gasteiger partial charge in [-0.1, -0.05) is 0 Å². The van der Waals surface area contributed by atoms with E-state index in [1.54, 1.807) is 52.0 Å². The van der Waals surface area contributed by atoms with Gasteiger partial charge in [0, 0.05) is 55.3 Å². The molecule has 1 atom stereocenters. The van der Waals surface area contributed by atoms with Crippen molar-refractivity contribution >= 4 is 46.6 Å². The molecule has 0 fully saturated rings. The average molecular weight is 748 g/mol. The third kappa shape index (κ3) is 15.0. The maximum Gasteiger partial charge on any atom is 0.303 e. The number of rotatable bonds is 26. The van der Waals surface area contributed by atoms with Crippen molar-refractivity contribution in [2.45, 2.75) is 90.0 Å². The van der Waals surface area contributed by atoms with E-state index >= 15 is 0 Å². The van der Waals surface area contributed by atoms with E-state index in [2.05, 4.69) is 24.9 Å². The molecule has 0 aliphatic carbocycles. The fourth-order valence-corrected chi connectivity index (χ4v) is 5.90. The van der Waals surface area contributed by atoms with Crippen molar-refractivity contribution in [2.75, 3.05) is 17.9 Å². The number of carboxylic acids is 3. The van der Waals surface area contributed by atoms with Gasteiger partial charge >= 0.3 is 17.9 Å². The number of carboxylic acid groups (broad SMARTS) is 3. The van der Waals surface area contributed by atoms with Gasteiger partial charge in [0.15, 0.2) is 0 Å². The van der Waals surface area contributed by atoms with E-state index in [4.69, 9.17) is 9.29 Å². The molecule has 0 aliphatic rings. The van der Waals surface area contributed by atoms with Crippen LogP contribution in [0.25, 0.3) is 0 Å². The molecular weight excluding hydrogens is 702 g/mol. The van der Waals surface area contributed by atoms with Crippen LogP contribution in [0.15, 0.2) is 49.1 Å². The summed E-state index contributed by atoms with van der Waals surface area (Å²) < 4.78 is 31.4. The average Bonchev–Trinajstić information content (AvgIpc) is 3.69. The van der Waals surface area contributed by atoms with E-state index in [9.17, 15) is 43.5 Å². The molecule has 2 aromatic heterocycles. The molecule has 0 saturated carbocycles. The number of Topliss-reactive ketones (excluding diaryl/α,β-unsaturated/α-hetero) is 1. The molecule has 3 aromatic rings. The summed E-state index contributed by atoms with van der Waals surface area (Å²) in [5, 5.41) is 30.7. The fraction of sp³-hybridized carbons (Fsp3) is 0.485. The van der Waals surface area contributed by atoms with Gasteiger partial charge in [-0.05, 0) is 69.8 Å². The molecule has 0 saturated heterocycles. The molecule has 284 valence electrons. The van der Waals surface area contributed by atoms with Crippen LogP contribution in [0.4, 0.5) is 5.69 Å². The Bertz CT molecular complexity index is 1630. The summed E-state index contributed by atoms with van der Waals surface area (Å²) in [5.41, 5.74) is -0.898. The Balaban J connectivity index is 1.71. The van der Waals surface area contributed by atoms with Crippen molar-refractivity contribution in [1.29, 1.82) is 0 Å². The van der Waals surface area contributed by atoms with E-state index < -0.39 is 59.9 Å². The van der Waals surface area contributed by atoms with Crippen molar-refractivity contribution in [3.63, 3.8) is 0 Å². The highest BCUT2D eigenvalue weighted by atomic mass is 32.2. The molecule has 19 heteroatoms. The second kappa shape index (κ2) is 20.6. The maximum absolute atomic E-state index is 13.4. The van der Waals surface area contributed by atoms with Crippen molar-refractivity contribution in [2.24, 2.45) is 0 Å². The van der Waals surface area contributed by atoms with E-state index in [0.717, 1.165) is 0 Å². The smallest absolute Gasteiger partial charge is 0.303 e. The zero-order chi connectivity index (χ0) is 38.1. The van der Waals surface area contributed by atoms with Gasteiger partial charge in [0.25, 0.3) is 11.3 Å². The van der Waals surface area contributed by atoms with Gasteiger partial charge in [-0.25, -0.2) is 14.2 Å². The third-order valence-electron chi connectivity index (χ3n) is 8.09. The summed E-state index contributed by atoms with van der Waals surface area (Å²) >= 11 is -2.18. The fourth-order valence-electron chi connectivity index (χ4n) is 5.56. The highest BCUT2D eigenvalue weighted by molar-refractivity contribution is 7.80. The van der Waals surface area contributed by atoms with Crippen LogP contribution < -0.4 is 14.8 Å². The molecule has 6 N–H and O–H groups in total. The molecule has 0 spiro atoms. The number of benzene rings is 1. The number of carbonyl (C=O) groups excluding carboxylic acids is 2. The molecule has 0 bridgehead atoms. The number of amides is 1. The first kappa shape index (κ1) is 41.3. The SMILES string of the molecule is CC(=O)Cn1ccnc1CN(CCCCOc1ccc(NS(=O)O)cc1)Cc1nccn1CC(=O)NC(CCC(=O)O)(CCC(=O)O)CCC(=O)O. The molecule has 0 aliphatic heterocycles. The number of ketones is 1. The molecule has 18 nitrogen and oxygen atoms in total. The Kier molecular flexibility index (Phi) is 16.4. The van der Waals surface area contributed by atoms with E-state index in [0.29, 0.717) is 55.6 Å². The number of ether oxygens (including phenoxy) is 1. The highest BCUT2D eigenvalue weighted by Crippen LogP contribution is 2.26. The van der Waals surface area contributed by atoms with Gasteiger partial charge < -0.3 is 34.5 Å². The largest absolute Gasteiger partial charge is 0.494 e. The number of hydrogen-bond acceptors (Lipinski definition) is 10. The lowest BCUT2D eigenvalue weighted by atomic mass is 9.83.